The van der Waals surface area contributed by atoms with Gasteiger partial charge >= 0.3 is 0 Å². The van der Waals surface area contributed by atoms with E-state index in [4.69, 9.17) is 16.6 Å². The largest absolute Gasteiger partial charge is 0.469 e. The van der Waals surface area contributed by atoms with Gasteiger partial charge in [-0.05, 0) is 37.4 Å². The Labute approximate surface area is 163 Å². The first-order valence-corrected chi connectivity index (χ1v) is 9.10. The maximum absolute atomic E-state index is 12.7. The molecule has 0 aliphatic carbocycles. The van der Waals surface area contributed by atoms with Crippen molar-refractivity contribution in [1.29, 1.82) is 0 Å². The quantitative estimate of drug-likeness (QED) is 0.538. The second-order valence-corrected chi connectivity index (χ2v) is 7.30. The number of para-hydroxylation sites is 1. The summed E-state index contributed by atoms with van der Waals surface area (Å²) in [6.45, 7) is 1.67. The Morgan fingerprint density at radius 2 is 2.11 bits per heavy atom. The fourth-order valence-electron chi connectivity index (χ4n) is 2.62. The summed E-state index contributed by atoms with van der Waals surface area (Å²) in [7, 11) is 0. The first-order valence-electron chi connectivity index (χ1n) is 7.87. The van der Waals surface area contributed by atoms with E-state index < -0.39 is 11.8 Å². The zero-order chi connectivity index (χ0) is 19.0. The van der Waals surface area contributed by atoms with Crippen LogP contribution in [0.4, 0.5) is 0 Å². The number of thiocarbonyl (C=S) groups is 1. The molecule has 0 atom stereocenters. The van der Waals surface area contributed by atoms with Crippen molar-refractivity contribution < 1.29 is 14.0 Å². The summed E-state index contributed by atoms with van der Waals surface area (Å²) in [5, 5.41) is 1.07. The molecular weight excluding hydrogens is 384 g/mol. The molecule has 2 amide bonds. The third kappa shape index (κ3) is 3.22. The first kappa shape index (κ1) is 17.4. The Kier molecular flexibility index (Phi) is 4.46. The molecule has 0 radical (unpaired) electrons. The number of aryl methyl sites for hydroxylation is 1. The van der Waals surface area contributed by atoms with Gasteiger partial charge in [0.15, 0.2) is 4.32 Å². The second kappa shape index (κ2) is 6.93. The van der Waals surface area contributed by atoms with E-state index in [1.54, 1.807) is 25.4 Å². The molecule has 1 N–H and O–H groups in total. The highest BCUT2D eigenvalue weighted by atomic mass is 32.2. The van der Waals surface area contributed by atoms with Crippen LogP contribution in [0.15, 0.2) is 52.2 Å². The number of nitrogens with zero attached hydrogens (tertiary/aromatic N) is 3. The van der Waals surface area contributed by atoms with Crippen molar-refractivity contribution in [2.45, 2.75) is 6.92 Å². The number of fused-ring (bicyclic) bond motifs is 1. The lowest BCUT2D eigenvalue weighted by Gasteiger charge is -2.15. The average Bonchev–Trinajstić information content (AvgIpc) is 3.20. The number of nitrogens with one attached hydrogen (secondary N) is 1. The number of hydrogen-bond acceptors (Lipinski definition) is 7. The van der Waals surface area contributed by atoms with E-state index in [2.05, 4.69) is 15.4 Å². The minimum atomic E-state index is -0.463. The number of thioether (sulfide) groups is 1. The van der Waals surface area contributed by atoms with Crippen LogP contribution < -0.4 is 5.43 Å². The molecule has 27 heavy (non-hydrogen) atoms. The van der Waals surface area contributed by atoms with Crippen molar-refractivity contribution in [1.82, 2.24) is 20.4 Å². The minimum absolute atomic E-state index is 0.243. The Bertz CT molecular complexity index is 1120. The van der Waals surface area contributed by atoms with Gasteiger partial charge in [-0.2, -0.15) is 5.01 Å². The SMILES string of the molecule is Cc1occc1C(=O)NN1C(=O)/C(=C/c2cccc3nccnc23)SC1=S. The van der Waals surface area contributed by atoms with Gasteiger partial charge in [0.1, 0.15) is 5.76 Å². The van der Waals surface area contributed by atoms with Crippen LogP contribution in [0.25, 0.3) is 17.1 Å². The van der Waals surface area contributed by atoms with Crippen molar-refractivity contribution in [3.05, 3.63) is 64.7 Å². The summed E-state index contributed by atoms with van der Waals surface area (Å²) in [6, 6.07) is 7.06. The monoisotopic (exact) mass is 396 g/mol. The van der Waals surface area contributed by atoms with Crippen molar-refractivity contribution >= 4 is 57.2 Å². The first-order chi connectivity index (χ1) is 13.0. The number of furan rings is 1. The number of hydrogen-bond donors (Lipinski definition) is 1. The molecule has 3 heterocycles. The van der Waals surface area contributed by atoms with E-state index in [9.17, 15) is 9.59 Å². The molecule has 1 aromatic carbocycles. The summed E-state index contributed by atoms with van der Waals surface area (Å²) in [5.74, 6) is -0.405. The van der Waals surface area contributed by atoms with E-state index in [0.29, 0.717) is 21.7 Å². The second-order valence-electron chi connectivity index (χ2n) is 5.62. The van der Waals surface area contributed by atoms with Gasteiger partial charge in [-0.25, -0.2) is 0 Å². The summed E-state index contributed by atoms with van der Waals surface area (Å²) < 4.78 is 5.36. The molecule has 9 heteroatoms. The number of hydrazine groups is 1. The van der Waals surface area contributed by atoms with Crippen LogP contribution in [0, 0.1) is 6.92 Å². The van der Waals surface area contributed by atoms with Gasteiger partial charge in [-0.3, -0.25) is 25.0 Å². The van der Waals surface area contributed by atoms with Crippen LogP contribution in [0.1, 0.15) is 21.7 Å². The highest BCUT2D eigenvalue weighted by molar-refractivity contribution is 8.26. The Morgan fingerprint density at radius 3 is 2.89 bits per heavy atom. The molecule has 1 aliphatic heterocycles. The zero-order valence-electron chi connectivity index (χ0n) is 14.0. The summed E-state index contributed by atoms with van der Waals surface area (Å²) in [5.41, 5.74) is 5.03. The van der Waals surface area contributed by atoms with Crippen LogP contribution in [-0.2, 0) is 4.79 Å². The normalized spacial score (nSPS) is 15.7. The number of amides is 2. The highest BCUT2D eigenvalue weighted by Crippen LogP contribution is 2.32. The maximum atomic E-state index is 12.7. The van der Waals surface area contributed by atoms with Gasteiger partial charge in [0.2, 0.25) is 0 Å². The summed E-state index contributed by atoms with van der Waals surface area (Å²) in [6.07, 6.45) is 6.32. The minimum Gasteiger partial charge on any atom is -0.469 e. The molecule has 1 aliphatic rings. The maximum Gasteiger partial charge on any atom is 0.285 e. The lowest BCUT2D eigenvalue weighted by molar-refractivity contribution is -0.123. The number of rotatable bonds is 3. The third-order valence-electron chi connectivity index (χ3n) is 3.93. The molecule has 3 aromatic rings. The molecule has 134 valence electrons. The predicted octanol–water partition coefficient (Wildman–Crippen LogP) is 3.08. The molecular formula is C18H12N4O3S2. The number of aromatic nitrogens is 2. The molecule has 1 saturated heterocycles. The third-order valence-corrected chi connectivity index (χ3v) is 5.23. The van der Waals surface area contributed by atoms with Crippen molar-refractivity contribution in [2.24, 2.45) is 0 Å². The van der Waals surface area contributed by atoms with Crippen molar-refractivity contribution in [2.75, 3.05) is 0 Å². The van der Waals surface area contributed by atoms with Crippen LogP contribution in [0.5, 0.6) is 0 Å². The highest BCUT2D eigenvalue weighted by Gasteiger charge is 2.34. The summed E-state index contributed by atoms with van der Waals surface area (Å²) >= 11 is 6.36. The van der Waals surface area contributed by atoms with Crippen LogP contribution in [0.3, 0.4) is 0 Å². The van der Waals surface area contributed by atoms with E-state index in [-0.39, 0.29) is 4.32 Å². The smallest absolute Gasteiger partial charge is 0.285 e. The van der Waals surface area contributed by atoms with E-state index in [1.807, 2.05) is 18.2 Å². The van der Waals surface area contributed by atoms with Crippen LogP contribution in [-0.4, -0.2) is 31.1 Å². The lowest BCUT2D eigenvalue weighted by Crippen LogP contribution is -2.44. The molecule has 2 aromatic heterocycles. The molecule has 0 unspecified atom stereocenters. The molecule has 0 spiro atoms. The van der Waals surface area contributed by atoms with E-state index in [0.717, 1.165) is 27.9 Å². The van der Waals surface area contributed by atoms with Crippen molar-refractivity contribution in [3.63, 3.8) is 0 Å². The molecule has 0 bridgehead atoms. The topological polar surface area (TPSA) is 88.3 Å². The molecule has 7 nitrogen and oxygen atoms in total. The van der Waals surface area contributed by atoms with E-state index >= 15 is 0 Å². The lowest BCUT2D eigenvalue weighted by atomic mass is 10.1. The van der Waals surface area contributed by atoms with Crippen LogP contribution >= 0.6 is 24.0 Å². The Balaban J connectivity index is 1.62. The van der Waals surface area contributed by atoms with Crippen molar-refractivity contribution in [3.8, 4) is 0 Å². The number of carbonyl (C=O) groups is 2. The predicted molar refractivity (Wildman–Crippen MR) is 105 cm³/mol. The fraction of sp³-hybridized carbons (Fsp3) is 0.0556. The molecule has 0 saturated carbocycles. The van der Waals surface area contributed by atoms with Gasteiger partial charge in [-0.1, -0.05) is 23.9 Å². The number of benzene rings is 1. The standard InChI is InChI=1S/C18H12N4O3S2/c1-10-12(5-8-25-10)16(23)21-22-17(24)14(27-18(22)26)9-11-3-2-4-13-15(11)20-7-6-19-13/h2-9H,1H3,(H,21,23)/b14-9-. The molecule has 4 rings (SSSR count). The fourth-order valence-corrected chi connectivity index (χ4v) is 3.79. The average molecular weight is 396 g/mol. The number of carbonyl (C=O) groups excluding carboxylic acids is 2. The van der Waals surface area contributed by atoms with Crippen LogP contribution in [0.2, 0.25) is 0 Å². The van der Waals surface area contributed by atoms with Gasteiger partial charge in [0.25, 0.3) is 11.8 Å². The Hall–Kier alpha value is -3.04. The van der Waals surface area contributed by atoms with Gasteiger partial charge < -0.3 is 4.42 Å². The van der Waals surface area contributed by atoms with Gasteiger partial charge in [-0.15, -0.1) is 0 Å². The van der Waals surface area contributed by atoms with Gasteiger partial charge in [0, 0.05) is 18.0 Å². The zero-order valence-corrected chi connectivity index (χ0v) is 15.6. The Morgan fingerprint density at radius 1 is 1.30 bits per heavy atom. The molecule has 1 fully saturated rings. The van der Waals surface area contributed by atoms with Gasteiger partial charge in [0.05, 0.1) is 27.8 Å². The van der Waals surface area contributed by atoms with E-state index in [1.165, 1.54) is 12.3 Å². The summed E-state index contributed by atoms with van der Waals surface area (Å²) in [4.78, 5) is 34.0.